The van der Waals surface area contributed by atoms with Crippen LogP contribution in [0.1, 0.15) is 156 Å². The van der Waals surface area contributed by atoms with E-state index in [2.05, 4.69) is 258 Å². The first-order chi connectivity index (χ1) is 33.4. The SMILES string of the molecule is Cc1cc2c3c(c1)N1c4c(cc(C(C)(C)C)cc4C4(C)CCCCC14C)B3c1ccc(N(c3ccc(C(C)(C)C)cc3)c3ccc(C(C)(C)C)cc3)cc1N2c1ccc(C(C)(C)C)cc1-c1ccccc1. The van der Waals surface area contributed by atoms with Crippen LogP contribution in [0.4, 0.5) is 45.5 Å². The van der Waals surface area contributed by atoms with Gasteiger partial charge in [-0.2, -0.15) is 0 Å². The lowest BCUT2D eigenvalue weighted by molar-refractivity contribution is 0.195. The van der Waals surface area contributed by atoms with Crippen molar-refractivity contribution in [3.05, 3.63) is 173 Å². The van der Waals surface area contributed by atoms with Crippen molar-refractivity contribution in [2.75, 3.05) is 14.7 Å². The average Bonchev–Trinajstić information content (AvgIpc) is 3.53. The van der Waals surface area contributed by atoms with Gasteiger partial charge in [-0.3, -0.25) is 0 Å². The van der Waals surface area contributed by atoms with Crippen LogP contribution in [-0.2, 0) is 27.1 Å². The van der Waals surface area contributed by atoms with Crippen molar-refractivity contribution >= 4 is 68.6 Å². The molecule has 2 atom stereocenters. The monoisotopic (exact) mass is 934 g/mol. The normalized spacial score (nSPS) is 19.3. The van der Waals surface area contributed by atoms with Crippen LogP contribution in [0, 0.1) is 6.92 Å². The second kappa shape index (κ2) is 16.0. The summed E-state index contributed by atoms with van der Waals surface area (Å²) in [4.78, 5) is 8.05. The van der Waals surface area contributed by atoms with Gasteiger partial charge in [0.25, 0.3) is 6.71 Å². The molecule has 3 nitrogen and oxygen atoms in total. The van der Waals surface area contributed by atoms with Crippen LogP contribution < -0.4 is 31.1 Å². The van der Waals surface area contributed by atoms with Crippen LogP contribution in [0.25, 0.3) is 11.1 Å². The Kier molecular flexibility index (Phi) is 10.7. The van der Waals surface area contributed by atoms with Gasteiger partial charge in [0.05, 0.1) is 11.2 Å². The lowest BCUT2D eigenvalue weighted by Crippen LogP contribution is -2.64. The zero-order valence-electron chi connectivity index (χ0n) is 45.5. The molecule has 2 unspecified atom stereocenters. The van der Waals surface area contributed by atoms with Crippen LogP contribution in [0.3, 0.4) is 0 Å². The first kappa shape index (κ1) is 47.3. The van der Waals surface area contributed by atoms with Gasteiger partial charge in [0.1, 0.15) is 0 Å². The van der Waals surface area contributed by atoms with Gasteiger partial charge in [0, 0.05) is 50.8 Å². The quantitative estimate of drug-likeness (QED) is 0.159. The molecule has 1 saturated carbocycles. The van der Waals surface area contributed by atoms with E-state index in [4.69, 9.17) is 0 Å². The minimum atomic E-state index is -0.0600. The molecule has 1 fully saturated rings. The van der Waals surface area contributed by atoms with Crippen molar-refractivity contribution in [2.45, 2.75) is 162 Å². The molecule has 11 rings (SSSR count). The minimum Gasteiger partial charge on any atom is -0.335 e. The highest BCUT2D eigenvalue weighted by Crippen LogP contribution is 2.62. The molecular formula is C67H76BN3. The fraction of sp³-hybridized carbons (Fsp3) is 0.373. The molecule has 0 N–H and O–H groups in total. The lowest BCUT2D eigenvalue weighted by Gasteiger charge is -2.53. The molecule has 0 bridgehead atoms. The Balaban J connectivity index is 1.24. The standard InChI is InChI=1S/C67H76BN3/c1-43-37-58-60-59(38-43)71-61-53(66(14)35-19-20-36-67(66,71)15)40-48(65(11,12)13)41-55(61)68(60)54-33-32-51(42-57(54)70(58)56-34-27-47(64(8,9)10)39-52(56)44-21-17-16-18-22-44)69(49-28-23-45(24-29-49)62(2,3)4)50-30-25-46(26-31-50)63(5,6)7/h16-18,21-34,37-42H,19-20,35-36H2,1-15H3. The number of benzene rings is 7. The molecule has 7 aromatic carbocycles. The Hall–Kier alpha value is -6.00. The van der Waals surface area contributed by atoms with Gasteiger partial charge in [-0.25, -0.2) is 0 Å². The average molecular weight is 934 g/mol. The van der Waals surface area contributed by atoms with E-state index in [-0.39, 0.29) is 39.3 Å². The molecule has 0 aromatic heterocycles. The molecule has 362 valence electrons. The number of aryl methyl sites for hydroxylation is 1. The highest BCUT2D eigenvalue weighted by atomic mass is 15.3. The number of hydrogen-bond donors (Lipinski definition) is 0. The van der Waals surface area contributed by atoms with Gasteiger partial charge < -0.3 is 14.7 Å². The molecule has 0 radical (unpaired) electrons. The molecule has 4 heteroatoms. The predicted octanol–water partition coefficient (Wildman–Crippen LogP) is 16.7. The van der Waals surface area contributed by atoms with E-state index in [0.717, 1.165) is 17.1 Å². The molecule has 0 amide bonds. The summed E-state index contributed by atoms with van der Waals surface area (Å²) >= 11 is 0. The number of nitrogens with zero attached hydrogens (tertiary/aromatic N) is 3. The van der Waals surface area contributed by atoms with Gasteiger partial charge in [-0.1, -0.05) is 182 Å². The number of anilines is 8. The Labute approximate surface area is 427 Å². The smallest absolute Gasteiger partial charge is 0.252 e. The van der Waals surface area contributed by atoms with Crippen molar-refractivity contribution in [2.24, 2.45) is 0 Å². The third kappa shape index (κ3) is 7.43. The first-order valence-electron chi connectivity index (χ1n) is 26.7. The predicted molar refractivity (Wildman–Crippen MR) is 308 cm³/mol. The van der Waals surface area contributed by atoms with E-state index < -0.39 is 0 Å². The second-order valence-corrected chi connectivity index (χ2v) is 26.4. The van der Waals surface area contributed by atoms with E-state index in [1.165, 1.54) is 109 Å². The van der Waals surface area contributed by atoms with Gasteiger partial charge in [-0.05, 0) is 164 Å². The van der Waals surface area contributed by atoms with Gasteiger partial charge in [-0.15, -0.1) is 0 Å². The minimum absolute atomic E-state index is 0.0158. The zero-order chi connectivity index (χ0) is 50.4. The topological polar surface area (TPSA) is 9.72 Å². The fourth-order valence-corrected chi connectivity index (χ4v) is 13.0. The summed E-state index contributed by atoms with van der Waals surface area (Å²) in [5, 5.41) is 0. The summed E-state index contributed by atoms with van der Waals surface area (Å²) in [6.07, 6.45) is 4.90. The number of hydrogen-bond acceptors (Lipinski definition) is 3. The summed E-state index contributed by atoms with van der Waals surface area (Å²) < 4.78 is 0. The summed E-state index contributed by atoms with van der Waals surface area (Å²) in [7, 11) is 0. The van der Waals surface area contributed by atoms with Crippen molar-refractivity contribution in [3.8, 4) is 11.1 Å². The summed E-state index contributed by atoms with van der Waals surface area (Å²) in [6.45, 7) is 35.7. The second-order valence-electron chi connectivity index (χ2n) is 26.4. The summed E-state index contributed by atoms with van der Waals surface area (Å²) in [5.74, 6) is 0. The van der Waals surface area contributed by atoms with Crippen molar-refractivity contribution in [3.63, 3.8) is 0 Å². The Bertz CT molecular complexity index is 3170. The van der Waals surface area contributed by atoms with Crippen LogP contribution in [0.2, 0.25) is 0 Å². The maximum Gasteiger partial charge on any atom is 0.252 e. The zero-order valence-corrected chi connectivity index (χ0v) is 45.5. The Morgan fingerprint density at radius 2 is 1.03 bits per heavy atom. The molecule has 4 aliphatic rings. The maximum absolute atomic E-state index is 2.88. The molecule has 0 spiro atoms. The van der Waals surface area contributed by atoms with E-state index >= 15 is 0 Å². The van der Waals surface area contributed by atoms with Crippen molar-refractivity contribution in [1.29, 1.82) is 0 Å². The lowest BCUT2D eigenvalue weighted by atomic mass is 9.33. The van der Waals surface area contributed by atoms with Crippen molar-refractivity contribution < 1.29 is 0 Å². The summed E-state index contributed by atoms with van der Waals surface area (Å²) in [5.41, 5.74) is 25.0. The highest BCUT2D eigenvalue weighted by Gasteiger charge is 2.61. The fourth-order valence-electron chi connectivity index (χ4n) is 13.0. The van der Waals surface area contributed by atoms with E-state index in [9.17, 15) is 0 Å². The Morgan fingerprint density at radius 3 is 1.62 bits per heavy atom. The number of rotatable bonds is 5. The van der Waals surface area contributed by atoms with E-state index in [0.29, 0.717) is 0 Å². The molecule has 7 aromatic rings. The van der Waals surface area contributed by atoms with E-state index in [1.807, 2.05) is 0 Å². The largest absolute Gasteiger partial charge is 0.335 e. The van der Waals surface area contributed by atoms with Gasteiger partial charge in [0.2, 0.25) is 0 Å². The van der Waals surface area contributed by atoms with E-state index in [1.54, 1.807) is 5.56 Å². The van der Waals surface area contributed by atoms with Gasteiger partial charge in [0.15, 0.2) is 0 Å². The van der Waals surface area contributed by atoms with Gasteiger partial charge >= 0.3 is 0 Å². The molecule has 1 aliphatic carbocycles. The van der Waals surface area contributed by atoms with Crippen LogP contribution in [0.15, 0.2) is 140 Å². The van der Waals surface area contributed by atoms with Crippen LogP contribution in [-0.4, -0.2) is 12.3 Å². The number of fused-ring (bicyclic) bond motifs is 7. The molecule has 0 saturated heterocycles. The highest BCUT2D eigenvalue weighted by molar-refractivity contribution is 7.00. The third-order valence-corrected chi connectivity index (χ3v) is 17.5. The molecule has 71 heavy (non-hydrogen) atoms. The maximum atomic E-state index is 2.88. The third-order valence-electron chi connectivity index (χ3n) is 17.5. The molecular weight excluding hydrogens is 858 g/mol. The molecule has 3 heterocycles. The Morgan fingerprint density at radius 1 is 0.479 bits per heavy atom. The van der Waals surface area contributed by atoms with Crippen molar-refractivity contribution in [1.82, 2.24) is 0 Å². The molecule has 3 aliphatic heterocycles. The van der Waals surface area contributed by atoms with Crippen LogP contribution >= 0.6 is 0 Å². The summed E-state index contributed by atoms with van der Waals surface area (Å²) in [6, 6.07) is 54.9. The van der Waals surface area contributed by atoms with Crippen LogP contribution in [0.5, 0.6) is 0 Å². The first-order valence-corrected chi connectivity index (χ1v) is 26.7.